The number of hydrogen-bond donors (Lipinski definition) is 1. The highest BCUT2D eigenvalue weighted by Gasteiger charge is 2.31. The molecule has 0 atom stereocenters. The van der Waals surface area contributed by atoms with E-state index >= 15 is 0 Å². The Morgan fingerprint density at radius 2 is 1.79 bits per heavy atom. The molecule has 0 spiro atoms. The molecule has 0 saturated heterocycles. The predicted molar refractivity (Wildman–Crippen MR) is 158 cm³/mol. The number of aromatic nitrogens is 4. The van der Waals surface area contributed by atoms with E-state index in [1.165, 1.54) is 24.0 Å². The summed E-state index contributed by atoms with van der Waals surface area (Å²) in [6.07, 6.45) is -2.83. The average molecular weight is 651 g/mol. The Labute approximate surface area is 256 Å². The van der Waals surface area contributed by atoms with Gasteiger partial charge in [-0.2, -0.15) is 13.2 Å². The van der Waals surface area contributed by atoms with Crippen molar-refractivity contribution in [1.29, 1.82) is 0 Å². The molecule has 14 heteroatoms. The van der Waals surface area contributed by atoms with Gasteiger partial charge in [-0.05, 0) is 60.2 Å². The molecule has 0 radical (unpaired) electrons. The lowest BCUT2D eigenvalue weighted by molar-refractivity contribution is -0.137. The van der Waals surface area contributed by atoms with Crippen LogP contribution in [-0.4, -0.2) is 31.4 Å². The zero-order valence-electron chi connectivity index (χ0n) is 21.4. The number of amides is 1. The summed E-state index contributed by atoms with van der Waals surface area (Å²) in [6.45, 7) is 0.133. The molecule has 2 aromatic heterocycles. The van der Waals surface area contributed by atoms with Crippen molar-refractivity contribution in [3.8, 4) is 11.4 Å². The van der Waals surface area contributed by atoms with E-state index < -0.39 is 11.7 Å². The molecule has 0 unspecified atom stereocenters. The van der Waals surface area contributed by atoms with Gasteiger partial charge >= 0.3 is 6.18 Å². The number of carbonyl (C=O) groups is 1. The molecule has 0 aliphatic heterocycles. The van der Waals surface area contributed by atoms with Crippen molar-refractivity contribution in [2.24, 2.45) is 0 Å². The minimum atomic E-state index is -4.47. The van der Waals surface area contributed by atoms with Gasteiger partial charge in [-0.25, -0.2) is 4.98 Å². The lowest BCUT2D eigenvalue weighted by atomic mass is 10.1. The first kappa shape index (κ1) is 29.9. The Bertz CT molecular complexity index is 1680. The van der Waals surface area contributed by atoms with E-state index in [9.17, 15) is 18.0 Å². The Kier molecular flexibility index (Phi) is 9.37. The van der Waals surface area contributed by atoms with Crippen LogP contribution in [0.3, 0.4) is 0 Å². The Morgan fingerprint density at radius 1 is 1.02 bits per heavy atom. The third-order valence-corrected chi connectivity index (χ3v) is 8.23. The second-order valence-electron chi connectivity index (χ2n) is 8.76. The summed E-state index contributed by atoms with van der Waals surface area (Å²) < 4.78 is 47.0. The van der Waals surface area contributed by atoms with Gasteiger partial charge in [0.2, 0.25) is 5.91 Å². The smallest absolute Gasteiger partial charge is 0.416 e. The van der Waals surface area contributed by atoms with Crippen LogP contribution in [0.25, 0.3) is 5.69 Å². The minimum absolute atomic E-state index is 0.0113. The lowest BCUT2D eigenvalue weighted by Gasteiger charge is -2.11. The molecule has 0 fully saturated rings. The number of hydrogen-bond acceptors (Lipinski definition) is 7. The second-order valence-corrected chi connectivity index (χ2v) is 11.7. The molecule has 2 heterocycles. The van der Waals surface area contributed by atoms with Crippen LogP contribution in [-0.2, 0) is 24.0 Å². The molecule has 42 heavy (non-hydrogen) atoms. The standard InChI is InChI=1S/C28H20Cl2F3N5O2S2/c29-19-7-9-21(10-8-19)40-15-24-36-37-27(38(24)20-4-2-1-3-5-20)41-16-25(39)35-26-34-14-22(42-26)13-17-12-18(28(31,32)33)6-11-23(17)30/h1-12,14H,13,15-16H2,(H,34,35,39). The van der Waals surface area contributed by atoms with Crippen LogP contribution in [0.1, 0.15) is 21.8 Å². The molecule has 7 nitrogen and oxygen atoms in total. The van der Waals surface area contributed by atoms with Gasteiger partial charge in [0.05, 0.1) is 11.3 Å². The number of anilines is 1. The first-order chi connectivity index (χ1) is 20.2. The van der Waals surface area contributed by atoms with Gasteiger partial charge < -0.3 is 10.1 Å². The molecule has 216 valence electrons. The highest BCUT2D eigenvalue weighted by molar-refractivity contribution is 7.99. The fraction of sp³-hybridized carbons (Fsp3) is 0.143. The van der Waals surface area contributed by atoms with E-state index in [2.05, 4.69) is 20.5 Å². The zero-order valence-corrected chi connectivity index (χ0v) is 24.6. The summed E-state index contributed by atoms with van der Waals surface area (Å²) in [4.78, 5) is 17.6. The molecule has 5 aromatic rings. The number of rotatable bonds is 10. The van der Waals surface area contributed by atoms with Gasteiger partial charge in [-0.15, -0.1) is 21.5 Å². The van der Waals surface area contributed by atoms with Crippen LogP contribution >= 0.6 is 46.3 Å². The molecule has 0 saturated carbocycles. The minimum Gasteiger partial charge on any atom is -0.486 e. The van der Waals surface area contributed by atoms with Gasteiger partial charge in [0, 0.05) is 33.2 Å². The summed E-state index contributed by atoms with van der Waals surface area (Å²) in [5.74, 6) is 0.836. The largest absolute Gasteiger partial charge is 0.486 e. The van der Waals surface area contributed by atoms with Crippen molar-refractivity contribution in [3.63, 3.8) is 0 Å². The zero-order chi connectivity index (χ0) is 29.7. The number of nitrogens with zero attached hydrogens (tertiary/aromatic N) is 4. The second kappa shape index (κ2) is 13.2. The maximum Gasteiger partial charge on any atom is 0.416 e. The van der Waals surface area contributed by atoms with E-state index in [0.29, 0.717) is 37.3 Å². The van der Waals surface area contributed by atoms with Crippen molar-refractivity contribution in [2.75, 3.05) is 11.1 Å². The van der Waals surface area contributed by atoms with Crippen molar-refractivity contribution in [3.05, 3.63) is 111 Å². The summed E-state index contributed by atoms with van der Waals surface area (Å²) in [5.41, 5.74) is 0.345. The van der Waals surface area contributed by atoms with Gasteiger partial charge in [0.1, 0.15) is 12.4 Å². The highest BCUT2D eigenvalue weighted by Crippen LogP contribution is 2.33. The monoisotopic (exact) mass is 649 g/mol. The SMILES string of the molecule is O=C(CSc1nnc(COc2ccc(Cl)cc2)n1-c1ccccc1)Nc1ncc(Cc2cc(C(F)(F)F)ccc2Cl)s1. The van der Waals surface area contributed by atoms with Crippen molar-refractivity contribution < 1.29 is 22.7 Å². The maximum atomic E-state index is 13.1. The maximum absolute atomic E-state index is 13.1. The van der Waals surface area contributed by atoms with Crippen molar-refractivity contribution >= 4 is 57.3 Å². The van der Waals surface area contributed by atoms with Crippen LogP contribution in [0, 0.1) is 0 Å². The summed E-state index contributed by atoms with van der Waals surface area (Å²) >= 11 is 14.4. The number of alkyl halides is 3. The van der Waals surface area contributed by atoms with Crippen molar-refractivity contribution in [2.45, 2.75) is 24.4 Å². The molecule has 0 aliphatic carbocycles. The third-order valence-electron chi connectivity index (χ3n) is 5.77. The number of halogens is 5. The fourth-order valence-electron chi connectivity index (χ4n) is 3.81. The molecular formula is C28H20Cl2F3N5O2S2. The number of benzene rings is 3. The van der Waals surface area contributed by atoms with E-state index in [4.69, 9.17) is 27.9 Å². The molecule has 1 amide bonds. The molecule has 1 N–H and O–H groups in total. The number of nitrogens with one attached hydrogen (secondary N) is 1. The lowest BCUT2D eigenvalue weighted by Crippen LogP contribution is -2.14. The van der Waals surface area contributed by atoms with E-state index in [-0.39, 0.29) is 29.7 Å². The van der Waals surface area contributed by atoms with Crippen LogP contribution in [0.2, 0.25) is 10.0 Å². The Morgan fingerprint density at radius 3 is 2.52 bits per heavy atom. The molecular weight excluding hydrogens is 630 g/mol. The first-order valence-electron chi connectivity index (χ1n) is 12.3. The van der Waals surface area contributed by atoms with Crippen LogP contribution in [0.4, 0.5) is 18.3 Å². The van der Waals surface area contributed by atoms with Crippen molar-refractivity contribution in [1.82, 2.24) is 19.7 Å². The predicted octanol–water partition coefficient (Wildman–Crippen LogP) is 7.95. The number of carbonyl (C=O) groups excluding carboxylic acids is 1. The van der Waals surface area contributed by atoms with Gasteiger partial charge in [-0.1, -0.05) is 53.2 Å². The quantitative estimate of drug-likeness (QED) is 0.155. The Hall–Kier alpha value is -3.58. The van der Waals surface area contributed by atoms with Gasteiger partial charge in [-0.3, -0.25) is 9.36 Å². The summed E-state index contributed by atoms with van der Waals surface area (Å²) in [7, 11) is 0. The van der Waals surface area contributed by atoms with Crippen LogP contribution in [0.15, 0.2) is 84.1 Å². The average Bonchev–Trinajstić information content (AvgIpc) is 3.59. The van der Waals surface area contributed by atoms with E-state index in [0.717, 1.165) is 29.2 Å². The fourth-order valence-corrected chi connectivity index (χ4v) is 5.74. The number of thiazole rings is 1. The Balaban J connectivity index is 1.23. The summed E-state index contributed by atoms with van der Waals surface area (Å²) in [6, 6.07) is 19.6. The topological polar surface area (TPSA) is 81.9 Å². The third kappa shape index (κ3) is 7.62. The van der Waals surface area contributed by atoms with Crippen LogP contribution < -0.4 is 10.1 Å². The molecule has 3 aromatic carbocycles. The van der Waals surface area contributed by atoms with E-state index in [1.807, 2.05) is 34.9 Å². The number of ether oxygens (including phenoxy) is 1. The summed E-state index contributed by atoms with van der Waals surface area (Å²) in [5, 5.41) is 12.9. The number of para-hydroxylation sites is 1. The highest BCUT2D eigenvalue weighted by atomic mass is 35.5. The van der Waals surface area contributed by atoms with Gasteiger partial charge in [0.15, 0.2) is 16.1 Å². The van der Waals surface area contributed by atoms with Gasteiger partial charge in [0.25, 0.3) is 0 Å². The first-order valence-corrected chi connectivity index (χ1v) is 14.8. The van der Waals surface area contributed by atoms with Crippen LogP contribution in [0.5, 0.6) is 5.75 Å². The number of thioether (sulfide) groups is 1. The van der Waals surface area contributed by atoms with E-state index in [1.54, 1.807) is 24.3 Å². The molecule has 0 bridgehead atoms. The normalized spacial score (nSPS) is 11.5. The molecule has 5 rings (SSSR count). The molecule has 0 aliphatic rings.